The summed E-state index contributed by atoms with van der Waals surface area (Å²) >= 11 is 0. The summed E-state index contributed by atoms with van der Waals surface area (Å²) in [5.74, 6) is 1.09. The summed E-state index contributed by atoms with van der Waals surface area (Å²) in [6.45, 7) is 0. The van der Waals surface area contributed by atoms with Gasteiger partial charge in [-0.2, -0.15) is 0 Å². The topological polar surface area (TPSA) is 97.4 Å². The molecule has 1 amide bonds. The molecule has 1 fully saturated rings. The first kappa shape index (κ1) is 17.2. The molecule has 0 bridgehead atoms. The van der Waals surface area contributed by atoms with E-state index in [-0.39, 0.29) is 23.5 Å². The molecule has 0 saturated carbocycles. The number of hydrogen-bond acceptors (Lipinski definition) is 6. The Labute approximate surface area is 146 Å². The van der Waals surface area contributed by atoms with Crippen molar-refractivity contribution < 1.29 is 17.9 Å². The van der Waals surface area contributed by atoms with Crippen molar-refractivity contribution in [3.8, 4) is 5.75 Å². The molecule has 1 aliphatic rings. The second kappa shape index (κ2) is 7.10. The number of nitrogens with zero attached hydrogens (tertiary/aromatic N) is 1. The van der Waals surface area contributed by atoms with Crippen molar-refractivity contribution >= 4 is 27.2 Å². The van der Waals surface area contributed by atoms with Gasteiger partial charge in [0, 0.05) is 23.5 Å². The number of ether oxygens (including phenoxy) is 1. The molecule has 1 saturated heterocycles. The smallest absolute Gasteiger partial charge is 0.251 e. The summed E-state index contributed by atoms with van der Waals surface area (Å²) in [5.41, 5.74) is 1.24. The van der Waals surface area contributed by atoms with Crippen LogP contribution in [0.4, 0.5) is 11.5 Å². The summed E-state index contributed by atoms with van der Waals surface area (Å²) in [6, 6.07) is 10.2. The van der Waals surface area contributed by atoms with Gasteiger partial charge < -0.3 is 15.4 Å². The number of benzene rings is 1. The van der Waals surface area contributed by atoms with E-state index in [9.17, 15) is 13.2 Å². The van der Waals surface area contributed by atoms with Crippen LogP contribution in [0, 0.1) is 0 Å². The van der Waals surface area contributed by atoms with Crippen LogP contribution in [-0.4, -0.2) is 44.0 Å². The van der Waals surface area contributed by atoms with Crippen LogP contribution in [-0.2, 0) is 9.84 Å². The maximum atomic E-state index is 12.3. The van der Waals surface area contributed by atoms with Gasteiger partial charge in [0.05, 0.1) is 18.6 Å². The Morgan fingerprint density at radius 1 is 1.24 bits per heavy atom. The summed E-state index contributed by atoms with van der Waals surface area (Å²) in [7, 11) is -1.43. The Kier molecular flexibility index (Phi) is 4.89. The van der Waals surface area contributed by atoms with Crippen LogP contribution in [0.5, 0.6) is 5.75 Å². The third-order valence-electron chi connectivity index (χ3n) is 3.95. The zero-order chi connectivity index (χ0) is 17.9. The van der Waals surface area contributed by atoms with Gasteiger partial charge in [0.1, 0.15) is 11.6 Å². The van der Waals surface area contributed by atoms with Crippen molar-refractivity contribution in [1.29, 1.82) is 0 Å². The molecule has 132 valence electrons. The van der Waals surface area contributed by atoms with E-state index in [1.807, 2.05) is 24.3 Å². The van der Waals surface area contributed by atoms with Gasteiger partial charge in [0.25, 0.3) is 5.91 Å². The molecule has 0 aliphatic carbocycles. The summed E-state index contributed by atoms with van der Waals surface area (Å²) in [4.78, 5) is 16.5. The van der Waals surface area contributed by atoms with Crippen molar-refractivity contribution in [2.24, 2.45) is 0 Å². The Hall–Kier alpha value is -2.61. The molecule has 25 heavy (non-hydrogen) atoms. The van der Waals surface area contributed by atoms with E-state index in [0.717, 1.165) is 11.4 Å². The molecule has 8 heteroatoms. The maximum absolute atomic E-state index is 12.3. The van der Waals surface area contributed by atoms with Gasteiger partial charge in [0.2, 0.25) is 0 Å². The number of methoxy groups -OCH3 is 1. The lowest BCUT2D eigenvalue weighted by molar-refractivity contribution is 0.0941. The van der Waals surface area contributed by atoms with Crippen LogP contribution in [0.2, 0.25) is 0 Å². The summed E-state index contributed by atoms with van der Waals surface area (Å²) in [6.07, 6.45) is 1.99. The molecule has 3 rings (SSSR count). The van der Waals surface area contributed by atoms with Crippen LogP contribution >= 0.6 is 0 Å². The van der Waals surface area contributed by atoms with Crippen molar-refractivity contribution in [2.75, 3.05) is 23.9 Å². The lowest BCUT2D eigenvalue weighted by Gasteiger charge is -2.12. The minimum Gasteiger partial charge on any atom is -0.497 e. The fraction of sp³-hybridized carbons (Fsp3) is 0.294. The average molecular weight is 361 g/mol. The molecule has 2 heterocycles. The second-order valence-electron chi connectivity index (χ2n) is 5.86. The van der Waals surface area contributed by atoms with Crippen LogP contribution < -0.4 is 15.4 Å². The van der Waals surface area contributed by atoms with E-state index in [1.54, 1.807) is 19.2 Å². The normalized spacial score (nSPS) is 18.5. The highest BCUT2D eigenvalue weighted by Gasteiger charge is 2.29. The Bertz CT molecular complexity index is 866. The molecule has 7 nitrogen and oxygen atoms in total. The predicted molar refractivity (Wildman–Crippen MR) is 95.0 cm³/mol. The van der Waals surface area contributed by atoms with Gasteiger partial charge in [-0.15, -0.1) is 0 Å². The first-order valence-electron chi connectivity index (χ1n) is 7.83. The number of hydrogen-bond donors (Lipinski definition) is 2. The lowest BCUT2D eigenvalue weighted by Crippen LogP contribution is -2.35. The molecule has 1 aromatic carbocycles. The third kappa shape index (κ3) is 4.48. The zero-order valence-corrected chi connectivity index (χ0v) is 14.5. The predicted octanol–water partition coefficient (Wildman–Crippen LogP) is 1.75. The van der Waals surface area contributed by atoms with Gasteiger partial charge in [-0.3, -0.25) is 4.79 Å². The van der Waals surface area contributed by atoms with Crippen molar-refractivity contribution in [3.63, 3.8) is 0 Å². The number of sulfone groups is 1. The summed E-state index contributed by atoms with van der Waals surface area (Å²) in [5, 5.41) is 5.88. The Morgan fingerprint density at radius 2 is 2.00 bits per heavy atom. The number of pyridine rings is 1. The number of aromatic nitrogens is 1. The maximum Gasteiger partial charge on any atom is 0.251 e. The molecule has 2 N–H and O–H groups in total. The van der Waals surface area contributed by atoms with Crippen LogP contribution in [0.1, 0.15) is 16.8 Å². The fourth-order valence-corrected chi connectivity index (χ4v) is 4.31. The van der Waals surface area contributed by atoms with Crippen molar-refractivity contribution in [1.82, 2.24) is 10.3 Å². The monoisotopic (exact) mass is 361 g/mol. The highest BCUT2D eigenvalue weighted by molar-refractivity contribution is 7.91. The Morgan fingerprint density at radius 3 is 2.64 bits per heavy atom. The molecule has 1 unspecified atom stereocenters. The molecule has 1 aromatic heterocycles. The minimum absolute atomic E-state index is 0.000773. The number of rotatable bonds is 5. The minimum atomic E-state index is -3.03. The number of nitrogens with one attached hydrogen (secondary N) is 2. The van der Waals surface area contributed by atoms with Gasteiger partial charge >= 0.3 is 0 Å². The SMILES string of the molecule is COc1ccc(Nc2cc(C(=O)NC3CCS(=O)(=O)C3)ccn2)cc1. The first-order valence-corrected chi connectivity index (χ1v) is 9.66. The number of carbonyl (C=O) groups is 1. The summed E-state index contributed by atoms with van der Waals surface area (Å²) < 4.78 is 28.1. The molecular weight excluding hydrogens is 342 g/mol. The lowest BCUT2D eigenvalue weighted by atomic mass is 10.2. The number of carbonyl (C=O) groups excluding carboxylic acids is 1. The molecule has 1 atom stereocenters. The molecule has 1 aliphatic heterocycles. The van der Waals surface area contributed by atoms with E-state index >= 15 is 0 Å². The van der Waals surface area contributed by atoms with Crippen LogP contribution in [0.25, 0.3) is 0 Å². The molecule has 0 spiro atoms. The molecular formula is C17H19N3O4S. The first-order chi connectivity index (χ1) is 11.9. The van der Waals surface area contributed by atoms with Gasteiger partial charge in [0.15, 0.2) is 9.84 Å². The zero-order valence-electron chi connectivity index (χ0n) is 13.7. The molecule has 2 aromatic rings. The number of anilines is 2. The van der Waals surface area contributed by atoms with Gasteiger partial charge in [-0.05, 0) is 42.8 Å². The van der Waals surface area contributed by atoms with E-state index in [0.29, 0.717) is 17.8 Å². The largest absolute Gasteiger partial charge is 0.497 e. The number of amides is 1. The fourth-order valence-electron chi connectivity index (χ4n) is 2.64. The van der Waals surface area contributed by atoms with E-state index in [4.69, 9.17) is 4.74 Å². The molecule has 0 radical (unpaired) electrons. The highest BCUT2D eigenvalue weighted by atomic mass is 32.2. The van der Waals surface area contributed by atoms with Gasteiger partial charge in [-0.1, -0.05) is 0 Å². The van der Waals surface area contributed by atoms with Crippen LogP contribution in [0.3, 0.4) is 0 Å². The third-order valence-corrected chi connectivity index (χ3v) is 5.72. The standard InChI is InChI=1S/C17H19N3O4S/c1-24-15-4-2-13(3-5-15)19-16-10-12(6-8-18-16)17(21)20-14-7-9-25(22,23)11-14/h2-6,8,10,14H,7,9,11H2,1H3,(H,18,19)(H,20,21). The van der Waals surface area contributed by atoms with E-state index in [2.05, 4.69) is 15.6 Å². The van der Waals surface area contributed by atoms with E-state index < -0.39 is 9.84 Å². The Balaban J connectivity index is 1.67. The van der Waals surface area contributed by atoms with Crippen LogP contribution in [0.15, 0.2) is 42.6 Å². The van der Waals surface area contributed by atoms with Gasteiger partial charge in [-0.25, -0.2) is 13.4 Å². The average Bonchev–Trinajstić information content (AvgIpc) is 2.94. The van der Waals surface area contributed by atoms with E-state index in [1.165, 1.54) is 6.20 Å². The second-order valence-corrected chi connectivity index (χ2v) is 8.09. The van der Waals surface area contributed by atoms with Crippen molar-refractivity contribution in [2.45, 2.75) is 12.5 Å². The highest BCUT2D eigenvalue weighted by Crippen LogP contribution is 2.19. The quantitative estimate of drug-likeness (QED) is 0.842. The van der Waals surface area contributed by atoms with Crippen molar-refractivity contribution in [3.05, 3.63) is 48.2 Å².